The fourth-order valence-corrected chi connectivity index (χ4v) is 4.26. The van der Waals surface area contributed by atoms with Crippen molar-refractivity contribution in [1.82, 2.24) is 4.90 Å². The topological polar surface area (TPSA) is 75.7 Å². The second kappa shape index (κ2) is 8.96. The quantitative estimate of drug-likeness (QED) is 0.700. The van der Waals surface area contributed by atoms with Crippen LogP contribution >= 0.6 is 15.9 Å². The highest BCUT2D eigenvalue weighted by molar-refractivity contribution is 9.10. The molecule has 0 atom stereocenters. The molecule has 0 bridgehead atoms. The second-order valence-electron chi connectivity index (χ2n) is 6.94. The van der Waals surface area contributed by atoms with Gasteiger partial charge >= 0.3 is 0 Å². The molecule has 0 aliphatic carbocycles. The van der Waals surface area contributed by atoms with E-state index in [1.54, 1.807) is 36.4 Å². The lowest BCUT2D eigenvalue weighted by molar-refractivity contribution is -0.134. The number of sulfonamides is 1. The normalized spacial score (nSPS) is 15.3. The number of amides is 1. The van der Waals surface area contributed by atoms with Crippen molar-refractivity contribution < 1.29 is 17.9 Å². The molecule has 8 heteroatoms. The van der Waals surface area contributed by atoms with Gasteiger partial charge in [-0.1, -0.05) is 22.9 Å². The zero-order valence-electron chi connectivity index (χ0n) is 15.6. The van der Waals surface area contributed by atoms with Crippen LogP contribution in [0.15, 0.2) is 57.9 Å². The van der Waals surface area contributed by atoms with Gasteiger partial charge in [0.05, 0.1) is 4.90 Å². The van der Waals surface area contributed by atoms with Gasteiger partial charge in [-0.3, -0.25) is 9.52 Å². The van der Waals surface area contributed by atoms with Crippen molar-refractivity contribution >= 4 is 37.5 Å². The van der Waals surface area contributed by atoms with Crippen molar-refractivity contribution in [2.75, 3.05) is 24.4 Å². The Kier molecular flexibility index (Phi) is 6.61. The first-order valence-corrected chi connectivity index (χ1v) is 11.4. The third-order valence-electron chi connectivity index (χ3n) is 4.73. The average molecular weight is 467 g/mol. The predicted octanol–water partition coefficient (Wildman–Crippen LogP) is 3.89. The molecule has 28 heavy (non-hydrogen) atoms. The van der Waals surface area contributed by atoms with Gasteiger partial charge in [-0.15, -0.1) is 0 Å². The predicted molar refractivity (Wildman–Crippen MR) is 112 cm³/mol. The van der Waals surface area contributed by atoms with E-state index in [0.29, 0.717) is 17.4 Å². The van der Waals surface area contributed by atoms with Crippen LogP contribution in [-0.2, 0) is 14.8 Å². The number of carbonyl (C=O) groups is 1. The Morgan fingerprint density at radius 1 is 1.11 bits per heavy atom. The van der Waals surface area contributed by atoms with E-state index in [-0.39, 0.29) is 17.4 Å². The van der Waals surface area contributed by atoms with Crippen LogP contribution in [0.1, 0.15) is 19.8 Å². The number of benzene rings is 2. The van der Waals surface area contributed by atoms with Crippen LogP contribution in [-0.4, -0.2) is 38.9 Å². The Hall–Kier alpha value is -2.06. The molecule has 0 saturated carbocycles. The molecule has 1 N–H and O–H groups in total. The molecule has 0 aromatic heterocycles. The number of halogens is 1. The summed E-state index contributed by atoms with van der Waals surface area (Å²) in [5.41, 5.74) is 0.477. The van der Waals surface area contributed by atoms with Crippen LogP contribution in [0.3, 0.4) is 0 Å². The summed E-state index contributed by atoms with van der Waals surface area (Å²) in [4.78, 5) is 14.2. The van der Waals surface area contributed by atoms with Crippen molar-refractivity contribution in [2.24, 2.45) is 5.92 Å². The fourth-order valence-electron chi connectivity index (χ4n) is 2.94. The van der Waals surface area contributed by atoms with Crippen molar-refractivity contribution in [3.63, 3.8) is 0 Å². The molecule has 1 heterocycles. The third-order valence-corrected chi connectivity index (χ3v) is 6.65. The van der Waals surface area contributed by atoms with E-state index in [0.717, 1.165) is 30.4 Å². The average Bonchev–Trinajstić information content (AvgIpc) is 2.68. The molecular formula is C20H23BrN2O4S. The van der Waals surface area contributed by atoms with Crippen LogP contribution in [0.25, 0.3) is 0 Å². The molecule has 3 rings (SSSR count). The third kappa shape index (κ3) is 5.48. The Labute approximate surface area is 174 Å². The first kappa shape index (κ1) is 20.7. The van der Waals surface area contributed by atoms with E-state index >= 15 is 0 Å². The lowest BCUT2D eigenvalue weighted by atomic mass is 9.99. The number of rotatable bonds is 6. The molecule has 150 valence electrons. The van der Waals surface area contributed by atoms with E-state index in [9.17, 15) is 13.2 Å². The van der Waals surface area contributed by atoms with Gasteiger partial charge in [0.1, 0.15) is 5.75 Å². The molecule has 1 fully saturated rings. The molecule has 2 aromatic carbocycles. The zero-order chi connectivity index (χ0) is 20.1. The summed E-state index contributed by atoms with van der Waals surface area (Å²) in [5, 5.41) is 0. The van der Waals surface area contributed by atoms with Crippen molar-refractivity contribution in [3.8, 4) is 5.75 Å². The number of likely N-dealkylation sites (tertiary alicyclic amines) is 1. The highest BCUT2D eigenvalue weighted by Crippen LogP contribution is 2.21. The summed E-state index contributed by atoms with van der Waals surface area (Å²) in [7, 11) is -3.69. The molecule has 0 radical (unpaired) electrons. The van der Waals surface area contributed by atoms with Crippen LogP contribution in [0.2, 0.25) is 0 Å². The first-order chi connectivity index (χ1) is 13.3. The van der Waals surface area contributed by atoms with Gasteiger partial charge in [-0.25, -0.2) is 8.42 Å². The van der Waals surface area contributed by atoms with Gasteiger partial charge in [-0.05, 0) is 67.3 Å². The van der Waals surface area contributed by atoms with Gasteiger partial charge in [0.15, 0.2) is 6.61 Å². The number of carbonyl (C=O) groups excluding carboxylic acids is 1. The summed E-state index contributed by atoms with van der Waals surface area (Å²) in [6.45, 7) is 3.68. The summed E-state index contributed by atoms with van der Waals surface area (Å²) in [5.74, 6) is 1.08. The minimum absolute atomic E-state index is 0.0412. The molecule has 6 nitrogen and oxygen atoms in total. The minimum Gasteiger partial charge on any atom is -0.484 e. The van der Waals surface area contributed by atoms with E-state index < -0.39 is 10.0 Å². The van der Waals surface area contributed by atoms with Crippen molar-refractivity contribution in [3.05, 3.63) is 53.0 Å². The van der Waals surface area contributed by atoms with Crippen LogP contribution < -0.4 is 9.46 Å². The number of nitrogens with zero attached hydrogens (tertiary/aromatic N) is 1. The number of hydrogen-bond acceptors (Lipinski definition) is 4. The second-order valence-corrected chi connectivity index (χ2v) is 9.53. The lowest BCUT2D eigenvalue weighted by Gasteiger charge is -2.30. The van der Waals surface area contributed by atoms with E-state index in [1.807, 2.05) is 4.90 Å². The molecule has 1 aliphatic rings. The Morgan fingerprint density at radius 3 is 2.32 bits per heavy atom. The maximum Gasteiger partial charge on any atom is 0.261 e. The van der Waals surface area contributed by atoms with Crippen molar-refractivity contribution in [2.45, 2.75) is 24.7 Å². The summed E-state index contributed by atoms with van der Waals surface area (Å²) in [6.07, 6.45) is 2.04. The monoisotopic (exact) mass is 466 g/mol. The maximum absolute atomic E-state index is 12.5. The molecule has 0 unspecified atom stereocenters. The maximum atomic E-state index is 12.5. The molecule has 2 aromatic rings. The number of nitrogens with one attached hydrogen (secondary N) is 1. The summed E-state index contributed by atoms with van der Waals surface area (Å²) < 4.78 is 33.9. The molecular weight excluding hydrogens is 444 g/mol. The summed E-state index contributed by atoms with van der Waals surface area (Å²) >= 11 is 3.31. The van der Waals surface area contributed by atoms with Gasteiger partial charge < -0.3 is 9.64 Å². The van der Waals surface area contributed by atoms with Crippen LogP contribution in [0.4, 0.5) is 5.69 Å². The fraction of sp³-hybridized carbons (Fsp3) is 0.350. The highest BCUT2D eigenvalue weighted by atomic mass is 79.9. The largest absolute Gasteiger partial charge is 0.484 e. The van der Waals surface area contributed by atoms with Crippen LogP contribution in [0.5, 0.6) is 5.75 Å². The smallest absolute Gasteiger partial charge is 0.261 e. The summed E-state index contributed by atoms with van der Waals surface area (Å²) in [6, 6.07) is 12.9. The molecule has 1 amide bonds. The van der Waals surface area contributed by atoms with Gasteiger partial charge in [-0.2, -0.15) is 0 Å². The van der Waals surface area contributed by atoms with E-state index in [4.69, 9.17) is 4.74 Å². The van der Waals surface area contributed by atoms with Gasteiger partial charge in [0.2, 0.25) is 0 Å². The molecule has 1 aliphatic heterocycles. The van der Waals surface area contributed by atoms with Gasteiger partial charge in [0, 0.05) is 23.2 Å². The van der Waals surface area contributed by atoms with E-state index in [1.165, 1.54) is 12.1 Å². The minimum atomic E-state index is -3.69. The zero-order valence-corrected chi connectivity index (χ0v) is 18.0. The lowest BCUT2D eigenvalue weighted by Crippen LogP contribution is -2.40. The number of hydrogen-bond donors (Lipinski definition) is 1. The van der Waals surface area contributed by atoms with Crippen LogP contribution in [0, 0.1) is 5.92 Å². The molecule has 1 saturated heterocycles. The first-order valence-electron chi connectivity index (χ1n) is 9.12. The van der Waals surface area contributed by atoms with Crippen molar-refractivity contribution in [1.29, 1.82) is 0 Å². The number of ether oxygens (including phenoxy) is 1. The Morgan fingerprint density at radius 2 is 1.71 bits per heavy atom. The SMILES string of the molecule is CC1CCN(C(=O)COc2ccc(S(=O)(=O)Nc3ccc(Br)cc3)cc2)CC1. The number of piperidine rings is 1. The highest BCUT2D eigenvalue weighted by Gasteiger charge is 2.20. The Bertz CT molecular complexity index is 906. The Balaban J connectivity index is 1.56. The van der Waals surface area contributed by atoms with E-state index in [2.05, 4.69) is 27.6 Å². The standard InChI is InChI=1S/C20H23BrN2O4S/c1-15-10-12-23(13-11-15)20(24)14-27-18-6-8-19(9-7-18)28(25,26)22-17-4-2-16(21)3-5-17/h2-9,15,22H,10-14H2,1H3. The van der Waals surface area contributed by atoms with Gasteiger partial charge in [0.25, 0.3) is 15.9 Å². The molecule has 0 spiro atoms. The number of anilines is 1.